The predicted molar refractivity (Wildman–Crippen MR) is 66.6 cm³/mol. The lowest BCUT2D eigenvalue weighted by atomic mass is 9.97. The molecule has 2 heteroatoms. The molecule has 16 heavy (non-hydrogen) atoms. The minimum Gasteiger partial charge on any atom is -0.241 e. The number of aryl methyl sites for hydroxylation is 1. The Balaban J connectivity index is 2.32. The van der Waals surface area contributed by atoms with Gasteiger partial charge in [-0.25, -0.2) is 9.97 Å². The van der Waals surface area contributed by atoms with Crippen LogP contribution in [0.25, 0.3) is 0 Å². The molecule has 0 radical (unpaired) electrons. The van der Waals surface area contributed by atoms with E-state index in [0.717, 1.165) is 6.42 Å². The van der Waals surface area contributed by atoms with E-state index in [1.165, 1.54) is 55.5 Å². The van der Waals surface area contributed by atoms with E-state index in [9.17, 15) is 0 Å². The van der Waals surface area contributed by atoms with Crippen LogP contribution in [-0.2, 0) is 12.8 Å². The van der Waals surface area contributed by atoms with Crippen LogP contribution in [0.4, 0.5) is 0 Å². The first-order valence-corrected chi connectivity index (χ1v) is 6.61. The molecule has 1 aromatic rings. The molecule has 0 fully saturated rings. The maximum Gasteiger partial charge on any atom is 0.115 e. The average molecular weight is 218 g/mol. The van der Waals surface area contributed by atoms with E-state index in [-0.39, 0.29) is 0 Å². The van der Waals surface area contributed by atoms with Crippen molar-refractivity contribution >= 4 is 0 Å². The second-order valence-electron chi connectivity index (χ2n) is 5.11. The SMILES string of the molecule is CC(C)c1ncnc2c1CCCCCCC2. The molecule has 0 saturated carbocycles. The molecule has 0 aromatic carbocycles. The third-order valence-corrected chi connectivity index (χ3v) is 3.46. The molecule has 88 valence electrons. The molecule has 1 aromatic heterocycles. The van der Waals surface area contributed by atoms with Crippen molar-refractivity contribution in [2.24, 2.45) is 0 Å². The van der Waals surface area contributed by atoms with Gasteiger partial charge in [0.05, 0.1) is 0 Å². The van der Waals surface area contributed by atoms with Gasteiger partial charge in [-0.05, 0) is 37.2 Å². The first-order valence-electron chi connectivity index (χ1n) is 6.61. The van der Waals surface area contributed by atoms with Gasteiger partial charge in [0.1, 0.15) is 6.33 Å². The fourth-order valence-electron chi connectivity index (χ4n) is 2.57. The van der Waals surface area contributed by atoms with Crippen LogP contribution in [0.15, 0.2) is 6.33 Å². The second-order valence-corrected chi connectivity index (χ2v) is 5.11. The van der Waals surface area contributed by atoms with E-state index in [1.54, 1.807) is 6.33 Å². The lowest BCUT2D eigenvalue weighted by Crippen LogP contribution is -2.07. The van der Waals surface area contributed by atoms with Crippen LogP contribution in [0.2, 0.25) is 0 Å². The first kappa shape index (κ1) is 11.6. The van der Waals surface area contributed by atoms with Crippen molar-refractivity contribution in [2.45, 2.75) is 64.7 Å². The molecule has 0 unspecified atom stereocenters. The number of hydrogen-bond donors (Lipinski definition) is 0. The Morgan fingerprint density at radius 2 is 1.62 bits per heavy atom. The Bertz CT molecular complexity index is 345. The highest BCUT2D eigenvalue weighted by Crippen LogP contribution is 2.24. The highest BCUT2D eigenvalue weighted by molar-refractivity contribution is 5.27. The molecule has 2 nitrogen and oxygen atoms in total. The van der Waals surface area contributed by atoms with Crippen LogP contribution in [0.5, 0.6) is 0 Å². The Labute approximate surface area is 98.5 Å². The minimum atomic E-state index is 0.525. The van der Waals surface area contributed by atoms with Crippen LogP contribution in [0, 0.1) is 0 Å². The molecule has 1 aliphatic carbocycles. The largest absolute Gasteiger partial charge is 0.241 e. The fourth-order valence-corrected chi connectivity index (χ4v) is 2.57. The second kappa shape index (κ2) is 5.42. The van der Waals surface area contributed by atoms with Gasteiger partial charge in [-0.15, -0.1) is 0 Å². The van der Waals surface area contributed by atoms with Gasteiger partial charge in [0.25, 0.3) is 0 Å². The van der Waals surface area contributed by atoms with Gasteiger partial charge < -0.3 is 0 Å². The molecule has 0 saturated heterocycles. The Kier molecular flexibility index (Phi) is 3.92. The van der Waals surface area contributed by atoms with Crippen molar-refractivity contribution in [3.63, 3.8) is 0 Å². The van der Waals surface area contributed by atoms with Crippen LogP contribution in [0.1, 0.15) is 68.8 Å². The number of fused-ring (bicyclic) bond motifs is 1. The first-order chi connectivity index (χ1) is 7.79. The third-order valence-electron chi connectivity index (χ3n) is 3.46. The monoisotopic (exact) mass is 218 g/mol. The summed E-state index contributed by atoms with van der Waals surface area (Å²) in [4.78, 5) is 8.98. The number of nitrogens with zero attached hydrogens (tertiary/aromatic N) is 2. The van der Waals surface area contributed by atoms with Crippen LogP contribution in [-0.4, -0.2) is 9.97 Å². The van der Waals surface area contributed by atoms with E-state index in [0.29, 0.717) is 5.92 Å². The summed E-state index contributed by atoms with van der Waals surface area (Å²) in [7, 11) is 0. The summed E-state index contributed by atoms with van der Waals surface area (Å²) in [5, 5.41) is 0. The molecule has 0 aliphatic heterocycles. The van der Waals surface area contributed by atoms with Crippen molar-refractivity contribution in [3.8, 4) is 0 Å². The molecule has 2 rings (SSSR count). The van der Waals surface area contributed by atoms with Crippen LogP contribution < -0.4 is 0 Å². The summed E-state index contributed by atoms with van der Waals surface area (Å²) in [6.45, 7) is 4.46. The fraction of sp³-hybridized carbons (Fsp3) is 0.714. The number of aromatic nitrogens is 2. The molecule has 0 N–H and O–H groups in total. The summed E-state index contributed by atoms with van der Waals surface area (Å²) >= 11 is 0. The van der Waals surface area contributed by atoms with Crippen molar-refractivity contribution in [2.75, 3.05) is 0 Å². The summed E-state index contributed by atoms with van der Waals surface area (Å²) in [5.41, 5.74) is 4.06. The van der Waals surface area contributed by atoms with Gasteiger partial charge in [-0.3, -0.25) is 0 Å². The summed E-state index contributed by atoms with van der Waals surface area (Å²) < 4.78 is 0. The minimum absolute atomic E-state index is 0.525. The smallest absolute Gasteiger partial charge is 0.115 e. The highest BCUT2D eigenvalue weighted by Gasteiger charge is 2.14. The molecule has 1 aliphatic rings. The van der Waals surface area contributed by atoms with E-state index < -0.39 is 0 Å². The van der Waals surface area contributed by atoms with Crippen LogP contribution >= 0.6 is 0 Å². The van der Waals surface area contributed by atoms with Crippen molar-refractivity contribution in [1.82, 2.24) is 9.97 Å². The van der Waals surface area contributed by atoms with Gasteiger partial charge in [0, 0.05) is 11.4 Å². The summed E-state index contributed by atoms with van der Waals surface area (Å²) in [5.74, 6) is 0.525. The topological polar surface area (TPSA) is 25.8 Å². The standard InChI is InChI=1S/C14H22N2/c1-11(2)14-12-8-6-4-3-5-7-9-13(12)15-10-16-14/h10-11H,3-9H2,1-2H3. The maximum absolute atomic E-state index is 4.49. The average Bonchev–Trinajstić information content (AvgIpc) is 2.39. The van der Waals surface area contributed by atoms with Gasteiger partial charge in [0.2, 0.25) is 0 Å². The quantitative estimate of drug-likeness (QED) is 0.719. The number of rotatable bonds is 1. The Hall–Kier alpha value is -0.920. The van der Waals surface area contributed by atoms with E-state index in [2.05, 4.69) is 23.8 Å². The van der Waals surface area contributed by atoms with E-state index >= 15 is 0 Å². The third kappa shape index (κ3) is 2.60. The lowest BCUT2D eigenvalue weighted by Gasteiger charge is -2.14. The molecule has 0 spiro atoms. The highest BCUT2D eigenvalue weighted by atomic mass is 14.8. The van der Waals surface area contributed by atoms with Gasteiger partial charge in [0.15, 0.2) is 0 Å². The van der Waals surface area contributed by atoms with Crippen molar-refractivity contribution in [3.05, 3.63) is 23.3 Å². The zero-order valence-corrected chi connectivity index (χ0v) is 10.5. The normalized spacial score (nSPS) is 17.4. The molecule has 0 atom stereocenters. The van der Waals surface area contributed by atoms with E-state index in [1.807, 2.05) is 0 Å². The van der Waals surface area contributed by atoms with Crippen molar-refractivity contribution < 1.29 is 0 Å². The van der Waals surface area contributed by atoms with E-state index in [4.69, 9.17) is 0 Å². The van der Waals surface area contributed by atoms with Gasteiger partial charge in [-0.2, -0.15) is 0 Å². The number of hydrogen-bond acceptors (Lipinski definition) is 2. The molecule has 0 amide bonds. The summed E-state index contributed by atoms with van der Waals surface area (Å²) in [6, 6.07) is 0. The van der Waals surface area contributed by atoms with Gasteiger partial charge >= 0.3 is 0 Å². The zero-order chi connectivity index (χ0) is 11.4. The summed E-state index contributed by atoms with van der Waals surface area (Å²) in [6.07, 6.45) is 10.8. The van der Waals surface area contributed by atoms with Crippen molar-refractivity contribution in [1.29, 1.82) is 0 Å². The molecular formula is C14H22N2. The van der Waals surface area contributed by atoms with Gasteiger partial charge in [-0.1, -0.05) is 33.1 Å². The lowest BCUT2D eigenvalue weighted by molar-refractivity contribution is 0.627. The molecule has 0 bridgehead atoms. The zero-order valence-electron chi connectivity index (χ0n) is 10.5. The predicted octanol–water partition coefficient (Wildman–Crippen LogP) is 3.65. The van der Waals surface area contributed by atoms with Crippen LogP contribution in [0.3, 0.4) is 0 Å². The maximum atomic E-state index is 4.49. The molecular weight excluding hydrogens is 196 g/mol. The Morgan fingerprint density at radius 1 is 0.938 bits per heavy atom. The molecule has 1 heterocycles. The Morgan fingerprint density at radius 3 is 2.38 bits per heavy atom.